The van der Waals surface area contributed by atoms with E-state index in [4.69, 9.17) is 4.74 Å². The van der Waals surface area contributed by atoms with Crippen molar-refractivity contribution in [2.24, 2.45) is 5.41 Å². The Labute approximate surface area is 182 Å². The predicted octanol–water partition coefficient (Wildman–Crippen LogP) is 4.18. The molecule has 0 aromatic heterocycles. The van der Waals surface area contributed by atoms with E-state index in [0.717, 1.165) is 49.2 Å². The molecule has 0 unspecified atom stereocenters. The van der Waals surface area contributed by atoms with Crippen LogP contribution in [0.2, 0.25) is 0 Å². The lowest BCUT2D eigenvalue weighted by atomic mass is 9.51. The largest absolute Gasteiger partial charge is 0.495 e. The Morgan fingerprint density at radius 2 is 2.00 bits per heavy atom. The quantitative estimate of drug-likeness (QED) is 0.760. The average molecular weight is 417 g/mol. The third-order valence-corrected chi connectivity index (χ3v) is 8.44. The second-order valence-electron chi connectivity index (χ2n) is 9.76. The summed E-state index contributed by atoms with van der Waals surface area (Å²) in [6, 6.07) is 16.1. The van der Waals surface area contributed by atoms with Gasteiger partial charge < -0.3 is 15.0 Å². The van der Waals surface area contributed by atoms with Crippen molar-refractivity contribution in [2.75, 3.05) is 19.0 Å². The highest BCUT2D eigenvalue weighted by molar-refractivity contribution is 5.97. The molecule has 5 heteroatoms. The average Bonchev–Trinajstić information content (AvgIpc) is 3.29. The third-order valence-electron chi connectivity index (χ3n) is 8.44. The van der Waals surface area contributed by atoms with E-state index in [1.807, 2.05) is 42.5 Å². The summed E-state index contributed by atoms with van der Waals surface area (Å²) in [6.07, 6.45) is 4.96. The van der Waals surface area contributed by atoms with Gasteiger partial charge in [-0.2, -0.15) is 0 Å². The molecular weight excluding hydrogens is 388 g/mol. The number of hydrogen-bond donors (Lipinski definition) is 1. The van der Waals surface area contributed by atoms with Crippen molar-refractivity contribution >= 4 is 17.4 Å². The van der Waals surface area contributed by atoms with Crippen molar-refractivity contribution in [2.45, 2.75) is 56.0 Å². The van der Waals surface area contributed by atoms with E-state index < -0.39 is 0 Å². The molecule has 2 aromatic carbocycles. The Morgan fingerprint density at radius 1 is 1.16 bits per heavy atom. The van der Waals surface area contributed by atoms with Gasteiger partial charge in [-0.15, -0.1) is 0 Å². The Hall–Kier alpha value is -2.82. The van der Waals surface area contributed by atoms with Crippen LogP contribution in [-0.4, -0.2) is 42.3 Å². The standard InChI is InChI=1S/C26H28N2O3/c1-31-20-10-5-9-18-23(20)27-21-11-13-25(15-19(29)17-7-3-2-4-8-17)12-6-14-28-22(30)16-26(18,21)24(25)28/h2-5,7-10,21,24,27H,6,11-16H2,1H3/t21-,24-,25-,26-/m1/s1. The van der Waals surface area contributed by atoms with Gasteiger partial charge in [-0.25, -0.2) is 0 Å². The molecule has 1 N–H and O–H groups in total. The molecule has 3 fully saturated rings. The maximum absolute atomic E-state index is 13.4. The normalized spacial score (nSPS) is 32.7. The summed E-state index contributed by atoms with van der Waals surface area (Å²) in [5, 5.41) is 3.74. The molecule has 1 spiro atoms. The van der Waals surface area contributed by atoms with Crippen LogP contribution in [0.25, 0.3) is 0 Å². The van der Waals surface area contributed by atoms with Gasteiger partial charge >= 0.3 is 0 Å². The summed E-state index contributed by atoms with van der Waals surface area (Å²) in [4.78, 5) is 28.8. The van der Waals surface area contributed by atoms with Crippen LogP contribution in [0.3, 0.4) is 0 Å². The van der Waals surface area contributed by atoms with Gasteiger partial charge in [0.1, 0.15) is 5.75 Å². The second kappa shape index (κ2) is 6.59. The van der Waals surface area contributed by atoms with Crippen molar-refractivity contribution in [1.29, 1.82) is 0 Å². The summed E-state index contributed by atoms with van der Waals surface area (Å²) in [5.74, 6) is 1.28. The molecule has 5 nitrogen and oxygen atoms in total. The molecule has 160 valence electrons. The number of benzene rings is 2. The van der Waals surface area contributed by atoms with Crippen LogP contribution in [0, 0.1) is 5.41 Å². The first-order chi connectivity index (χ1) is 15.1. The molecule has 2 saturated heterocycles. The summed E-state index contributed by atoms with van der Waals surface area (Å²) in [5.41, 5.74) is 2.58. The number of carbonyl (C=O) groups is 2. The molecule has 1 amide bonds. The van der Waals surface area contributed by atoms with Gasteiger partial charge in [0.2, 0.25) is 5.91 Å². The van der Waals surface area contributed by atoms with E-state index in [-0.39, 0.29) is 34.6 Å². The van der Waals surface area contributed by atoms with E-state index in [9.17, 15) is 9.59 Å². The van der Waals surface area contributed by atoms with Gasteiger partial charge in [0, 0.05) is 42.4 Å². The second-order valence-corrected chi connectivity index (χ2v) is 9.76. The molecule has 1 aliphatic carbocycles. The first-order valence-corrected chi connectivity index (χ1v) is 11.4. The molecule has 1 saturated carbocycles. The van der Waals surface area contributed by atoms with E-state index in [1.165, 1.54) is 5.56 Å². The van der Waals surface area contributed by atoms with Crippen LogP contribution < -0.4 is 10.1 Å². The number of anilines is 1. The molecule has 3 heterocycles. The number of methoxy groups -OCH3 is 1. The van der Waals surface area contributed by atoms with Gasteiger partial charge in [0.05, 0.1) is 12.8 Å². The fourth-order valence-electron chi connectivity index (χ4n) is 7.37. The fraction of sp³-hybridized carbons (Fsp3) is 0.462. The summed E-state index contributed by atoms with van der Waals surface area (Å²) in [6.45, 7) is 0.804. The highest BCUT2D eigenvalue weighted by atomic mass is 16.5. The summed E-state index contributed by atoms with van der Waals surface area (Å²) < 4.78 is 5.66. The number of nitrogens with zero attached hydrogens (tertiary/aromatic N) is 1. The lowest BCUT2D eigenvalue weighted by Crippen LogP contribution is -2.64. The number of hydrogen-bond acceptors (Lipinski definition) is 4. The topological polar surface area (TPSA) is 58.6 Å². The lowest BCUT2D eigenvalue weighted by molar-refractivity contribution is -0.133. The number of para-hydroxylation sites is 1. The van der Waals surface area contributed by atoms with Gasteiger partial charge in [-0.3, -0.25) is 9.59 Å². The van der Waals surface area contributed by atoms with Gasteiger partial charge in [-0.1, -0.05) is 42.5 Å². The molecular formula is C26H28N2O3. The van der Waals surface area contributed by atoms with E-state index >= 15 is 0 Å². The number of piperidine rings is 1. The third kappa shape index (κ3) is 2.43. The minimum absolute atomic E-state index is 0.0634. The predicted molar refractivity (Wildman–Crippen MR) is 118 cm³/mol. The number of carbonyl (C=O) groups excluding carboxylic acids is 2. The van der Waals surface area contributed by atoms with Crippen molar-refractivity contribution in [3.05, 3.63) is 59.7 Å². The lowest BCUT2D eigenvalue weighted by Gasteiger charge is -2.57. The Bertz CT molecular complexity index is 1070. The maximum atomic E-state index is 13.4. The van der Waals surface area contributed by atoms with Gasteiger partial charge in [0.15, 0.2) is 5.78 Å². The zero-order chi connectivity index (χ0) is 21.2. The minimum Gasteiger partial charge on any atom is -0.495 e. The first-order valence-electron chi connectivity index (χ1n) is 11.4. The Balaban J connectivity index is 1.48. The molecule has 2 aromatic rings. The monoisotopic (exact) mass is 416 g/mol. The molecule has 0 radical (unpaired) electrons. The number of nitrogens with one attached hydrogen (secondary N) is 1. The van der Waals surface area contributed by atoms with Crippen molar-refractivity contribution in [3.8, 4) is 5.75 Å². The number of Topliss-reactive ketones (excluding diaryl/α,β-unsaturated/α-hetero) is 1. The fourth-order valence-corrected chi connectivity index (χ4v) is 7.37. The van der Waals surface area contributed by atoms with Crippen LogP contribution in [0.5, 0.6) is 5.75 Å². The molecule has 3 aliphatic heterocycles. The number of ketones is 1. The van der Waals surface area contributed by atoms with Crippen LogP contribution >= 0.6 is 0 Å². The van der Waals surface area contributed by atoms with Gasteiger partial charge in [0.25, 0.3) is 0 Å². The zero-order valence-electron chi connectivity index (χ0n) is 17.9. The van der Waals surface area contributed by atoms with E-state index in [2.05, 4.69) is 16.3 Å². The van der Waals surface area contributed by atoms with Crippen LogP contribution in [0.1, 0.15) is 54.4 Å². The summed E-state index contributed by atoms with van der Waals surface area (Å²) >= 11 is 0. The van der Waals surface area contributed by atoms with Crippen LogP contribution in [0.4, 0.5) is 5.69 Å². The smallest absolute Gasteiger partial charge is 0.223 e. The molecule has 31 heavy (non-hydrogen) atoms. The first kappa shape index (κ1) is 18.9. The molecule has 6 rings (SSSR count). The number of fused-ring (bicyclic) bond motifs is 1. The molecule has 4 aliphatic rings. The molecule has 4 atom stereocenters. The van der Waals surface area contributed by atoms with Crippen molar-refractivity contribution in [3.63, 3.8) is 0 Å². The zero-order valence-corrected chi connectivity index (χ0v) is 17.9. The molecule has 0 bridgehead atoms. The number of amides is 1. The van der Waals surface area contributed by atoms with Crippen molar-refractivity contribution < 1.29 is 14.3 Å². The van der Waals surface area contributed by atoms with Crippen LogP contribution in [-0.2, 0) is 10.2 Å². The Kier molecular flexibility index (Phi) is 4.02. The maximum Gasteiger partial charge on any atom is 0.223 e. The highest BCUT2D eigenvalue weighted by Crippen LogP contribution is 2.65. The minimum atomic E-state index is -0.281. The van der Waals surface area contributed by atoms with Gasteiger partial charge in [-0.05, 0) is 42.7 Å². The summed E-state index contributed by atoms with van der Waals surface area (Å²) in [7, 11) is 1.70. The van der Waals surface area contributed by atoms with E-state index in [0.29, 0.717) is 12.8 Å². The Morgan fingerprint density at radius 3 is 2.81 bits per heavy atom. The van der Waals surface area contributed by atoms with Crippen molar-refractivity contribution in [1.82, 2.24) is 4.90 Å². The highest BCUT2D eigenvalue weighted by Gasteiger charge is 2.69. The van der Waals surface area contributed by atoms with Crippen LogP contribution in [0.15, 0.2) is 48.5 Å². The number of ether oxygens (including phenoxy) is 1. The number of rotatable bonds is 4. The van der Waals surface area contributed by atoms with E-state index in [1.54, 1.807) is 7.11 Å². The SMILES string of the molecule is COc1cccc2c1N[C@@H]1CC[C@@]3(CC(=O)c4ccccc4)CCCN4C(=O)C[C@@]21[C@H]43.